The van der Waals surface area contributed by atoms with E-state index in [0.717, 1.165) is 5.56 Å². The number of hydrogen-bond donors (Lipinski definition) is 1. The van der Waals surface area contributed by atoms with E-state index in [0.29, 0.717) is 5.56 Å². The second-order valence-corrected chi connectivity index (χ2v) is 6.52. The van der Waals surface area contributed by atoms with Crippen molar-refractivity contribution in [3.8, 4) is 0 Å². The maximum atomic E-state index is 13.1. The predicted molar refractivity (Wildman–Crippen MR) is 86.1 cm³/mol. The Labute approximate surface area is 132 Å². The molecule has 0 aliphatic rings. The molecule has 2 aromatic rings. The molecule has 1 amide bonds. The number of carbonyl (C=O) groups is 1. The monoisotopic (exact) mass is 319 g/mol. The minimum atomic E-state index is -1.36. The third kappa shape index (κ3) is 5.07. The fraction of sp³-hybridized carbons (Fsp3) is 0.235. The summed E-state index contributed by atoms with van der Waals surface area (Å²) in [5.74, 6) is -0.554. The molecule has 3 nitrogen and oxygen atoms in total. The normalized spacial score (nSPS) is 13.4. The maximum Gasteiger partial charge on any atom is 0.233 e. The molecule has 0 radical (unpaired) electrons. The summed E-state index contributed by atoms with van der Waals surface area (Å²) in [6, 6.07) is 15.4. The topological polar surface area (TPSA) is 46.2 Å². The third-order valence-electron chi connectivity index (χ3n) is 3.19. The van der Waals surface area contributed by atoms with Gasteiger partial charge in [0.15, 0.2) is 0 Å². The van der Waals surface area contributed by atoms with Gasteiger partial charge in [-0.1, -0.05) is 42.5 Å². The van der Waals surface area contributed by atoms with E-state index < -0.39 is 10.8 Å². The Hall–Kier alpha value is -2.01. The largest absolute Gasteiger partial charge is 0.349 e. The van der Waals surface area contributed by atoms with E-state index in [9.17, 15) is 13.4 Å². The highest BCUT2D eigenvalue weighted by atomic mass is 32.2. The van der Waals surface area contributed by atoms with Crippen LogP contribution in [0, 0.1) is 5.82 Å². The van der Waals surface area contributed by atoms with E-state index in [-0.39, 0.29) is 29.3 Å². The van der Waals surface area contributed by atoms with E-state index in [1.165, 1.54) is 12.1 Å². The molecule has 2 atom stereocenters. The minimum absolute atomic E-state index is 0.0896. The van der Waals surface area contributed by atoms with E-state index >= 15 is 0 Å². The van der Waals surface area contributed by atoms with Crippen molar-refractivity contribution in [1.82, 2.24) is 5.32 Å². The Kier molecular flexibility index (Phi) is 5.83. The zero-order valence-electron chi connectivity index (χ0n) is 12.3. The highest BCUT2D eigenvalue weighted by molar-refractivity contribution is 7.84. The van der Waals surface area contributed by atoms with Gasteiger partial charge in [0.05, 0.1) is 6.04 Å². The summed E-state index contributed by atoms with van der Waals surface area (Å²) < 4.78 is 25.0. The lowest BCUT2D eigenvalue weighted by atomic mass is 10.1. The standard InChI is InChI=1S/C17H18FNO2S/c1-13(15-7-3-2-4-8-15)19-17(20)12-22(21)11-14-6-5-9-16(18)10-14/h2-10,13H,11-12H2,1H3,(H,19,20). The molecule has 0 heterocycles. The molecule has 2 aromatic carbocycles. The van der Waals surface area contributed by atoms with Crippen LogP contribution < -0.4 is 5.32 Å². The lowest BCUT2D eigenvalue weighted by Gasteiger charge is -2.14. The van der Waals surface area contributed by atoms with Crippen LogP contribution >= 0.6 is 0 Å². The number of nitrogens with one attached hydrogen (secondary N) is 1. The molecule has 2 rings (SSSR count). The van der Waals surface area contributed by atoms with Gasteiger partial charge in [0, 0.05) is 16.6 Å². The van der Waals surface area contributed by atoms with Crippen molar-refractivity contribution >= 4 is 16.7 Å². The summed E-state index contributed by atoms with van der Waals surface area (Å²) in [6.45, 7) is 1.88. The van der Waals surface area contributed by atoms with Crippen molar-refractivity contribution in [2.75, 3.05) is 5.75 Å². The van der Waals surface area contributed by atoms with E-state index in [4.69, 9.17) is 0 Å². The van der Waals surface area contributed by atoms with E-state index in [1.54, 1.807) is 12.1 Å². The lowest BCUT2D eigenvalue weighted by molar-refractivity contribution is -0.119. The van der Waals surface area contributed by atoms with Gasteiger partial charge < -0.3 is 5.32 Å². The second-order valence-electron chi connectivity index (χ2n) is 5.06. The molecule has 22 heavy (non-hydrogen) atoms. The van der Waals surface area contributed by atoms with Crippen molar-refractivity contribution in [1.29, 1.82) is 0 Å². The first kappa shape index (κ1) is 16.4. The SMILES string of the molecule is CC(NC(=O)CS(=O)Cc1cccc(F)c1)c1ccccc1. The first-order valence-corrected chi connectivity index (χ1v) is 8.47. The average molecular weight is 319 g/mol. The molecule has 0 saturated heterocycles. The van der Waals surface area contributed by atoms with Crippen molar-refractivity contribution in [3.63, 3.8) is 0 Å². The smallest absolute Gasteiger partial charge is 0.233 e. The van der Waals surface area contributed by atoms with Gasteiger partial charge >= 0.3 is 0 Å². The zero-order chi connectivity index (χ0) is 15.9. The van der Waals surface area contributed by atoms with Crippen molar-refractivity contribution in [2.45, 2.75) is 18.7 Å². The first-order valence-electron chi connectivity index (χ1n) is 6.98. The quantitative estimate of drug-likeness (QED) is 0.890. The van der Waals surface area contributed by atoms with Crippen LogP contribution in [-0.2, 0) is 21.3 Å². The molecule has 0 fully saturated rings. The predicted octanol–water partition coefficient (Wildman–Crippen LogP) is 2.95. The summed E-state index contributed by atoms with van der Waals surface area (Å²) in [7, 11) is -1.36. The fourth-order valence-corrected chi connectivity index (χ4v) is 3.15. The van der Waals surface area contributed by atoms with Crippen LogP contribution in [0.1, 0.15) is 24.1 Å². The highest BCUT2D eigenvalue weighted by Gasteiger charge is 2.13. The molecule has 0 bridgehead atoms. The summed E-state index contributed by atoms with van der Waals surface area (Å²) in [4.78, 5) is 11.9. The molecule has 0 spiro atoms. The molecule has 0 aliphatic heterocycles. The molecular weight excluding hydrogens is 301 g/mol. The molecular formula is C17H18FNO2S. The van der Waals surface area contributed by atoms with E-state index in [2.05, 4.69) is 5.32 Å². The van der Waals surface area contributed by atoms with E-state index in [1.807, 2.05) is 37.3 Å². The number of hydrogen-bond acceptors (Lipinski definition) is 2. The maximum absolute atomic E-state index is 13.1. The van der Waals surface area contributed by atoms with Gasteiger partial charge in [0.2, 0.25) is 5.91 Å². The summed E-state index contributed by atoms with van der Waals surface area (Å²) >= 11 is 0. The number of amides is 1. The molecule has 0 saturated carbocycles. The number of carbonyl (C=O) groups excluding carboxylic acids is 1. The van der Waals surface area contributed by atoms with Gasteiger partial charge in [-0.15, -0.1) is 0 Å². The zero-order valence-corrected chi connectivity index (χ0v) is 13.1. The van der Waals surface area contributed by atoms with Crippen LogP contribution in [0.3, 0.4) is 0 Å². The summed E-state index contributed by atoms with van der Waals surface area (Å²) in [5, 5.41) is 2.82. The molecule has 0 aromatic heterocycles. The Balaban J connectivity index is 1.85. The molecule has 0 aliphatic carbocycles. The Morgan fingerprint density at radius 3 is 2.59 bits per heavy atom. The van der Waals surface area contributed by atoms with Gasteiger partial charge in [-0.3, -0.25) is 9.00 Å². The van der Waals surface area contributed by atoms with Crippen LogP contribution in [0.25, 0.3) is 0 Å². The van der Waals surface area contributed by atoms with Crippen molar-refractivity contribution in [3.05, 3.63) is 71.5 Å². The molecule has 2 unspecified atom stereocenters. The number of benzene rings is 2. The Morgan fingerprint density at radius 1 is 1.18 bits per heavy atom. The molecule has 1 N–H and O–H groups in total. The second kappa shape index (κ2) is 7.84. The van der Waals surface area contributed by atoms with Crippen molar-refractivity contribution < 1.29 is 13.4 Å². The van der Waals surface area contributed by atoms with Crippen LogP contribution in [-0.4, -0.2) is 15.9 Å². The van der Waals surface area contributed by atoms with Gasteiger partial charge in [-0.2, -0.15) is 0 Å². The van der Waals surface area contributed by atoms with Crippen molar-refractivity contribution in [2.24, 2.45) is 0 Å². The minimum Gasteiger partial charge on any atom is -0.349 e. The Morgan fingerprint density at radius 2 is 1.91 bits per heavy atom. The van der Waals surface area contributed by atoms with Crippen LogP contribution in [0.2, 0.25) is 0 Å². The fourth-order valence-electron chi connectivity index (χ4n) is 2.12. The average Bonchev–Trinajstić information content (AvgIpc) is 2.47. The lowest BCUT2D eigenvalue weighted by Crippen LogP contribution is -2.31. The molecule has 5 heteroatoms. The highest BCUT2D eigenvalue weighted by Crippen LogP contribution is 2.11. The first-order chi connectivity index (χ1) is 10.5. The summed E-state index contributed by atoms with van der Waals surface area (Å²) in [6.07, 6.45) is 0. The van der Waals surface area contributed by atoms with Gasteiger partial charge in [0.25, 0.3) is 0 Å². The van der Waals surface area contributed by atoms with Crippen LogP contribution in [0.5, 0.6) is 0 Å². The summed E-state index contributed by atoms with van der Waals surface area (Å²) in [5.41, 5.74) is 1.62. The Bertz CT molecular complexity index is 661. The molecule has 116 valence electrons. The van der Waals surface area contributed by atoms with Gasteiger partial charge in [0.1, 0.15) is 11.6 Å². The van der Waals surface area contributed by atoms with Gasteiger partial charge in [-0.05, 0) is 30.2 Å². The number of rotatable bonds is 6. The number of halogens is 1. The van der Waals surface area contributed by atoms with Gasteiger partial charge in [-0.25, -0.2) is 4.39 Å². The third-order valence-corrected chi connectivity index (χ3v) is 4.43. The van der Waals surface area contributed by atoms with Crippen LogP contribution in [0.15, 0.2) is 54.6 Å². The van der Waals surface area contributed by atoms with Crippen LogP contribution in [0.4, 0.5) is 4.39 Å².